The molecule has 0 heterocycles. The van der Waals surface area contributed by atoms with E-state index in [-0.39, 0.29) is 29.8 Å². The smallest absolute Gasteiger partial charge is 0.325 e. The molecule has 1 rings (SSSR count). The molecule has 0 atom stereocenters. The van der Waals surface area contributed by atoms with Gasteiger partial charge in [-0.3, -0.25) is 9.59 Å². The number of esters is 1. The molecule has 0 aliphatic heterocycles. The number of halogens is 2. The maximum absolute atomic E-state index is 13.4. The summed E-state index contributed by atoms with van der Waals surface area (Å²) in [6.07, 6.45) is 0. The molecule has 0 radical (unpaired) electrons. The molecule has 0 aromatic heterocycles. The van der Waals surface area contributed by atoms with E-state index in [1.165, 1.54) is 23.1 Å². The van der Waals surface area contributed by atoms with Crippen molar-refractivity contribution in [3.63, 3.8) is 0 Å². The summed E-state index contributed by atoms with van der Waals surface area (Å²) in [5.74, 6) is -1.68. The Morgan fingerprint density at radius 2 is 2.05 bits per heavy atom. The van der Waals surface area contributed by atoms with Gasteiger partial charge in [0.15, 0.2) is 0 Å². The topological polar surface area (TPSA) is 46.6 Å². The third-order valence-electron chi connectivity index (χ3n) is 2.67. The lowest BCUT2D eigenvalue weighted by molar-refractivity contribution is -0.144. The minimum atomic E-state index is -0.669. The van der Waals surface area contributed by atoms with Crippen LogP contribution < -0.4 is 0 Å². The van der Waals surface area contributed by atoms with E-state index in [0.29, 0.717) is 0 Å². The van der Waals surface area contributed by atoms with Crippen molar-refractivity contribution in [2.45, 2.75) is 26.8 Å². The average Bonchev–Trinajstić information content (AvgIpc) is 2.38. The van der Waals surface area contributed by atoms with Crippen LogP contribution in [0.15, 0.2) is 18.2 Å². The van der Waals surface area contributed by atoms with E-state index in [2.05, 4.69) is 0 Å². The van der Waals surface area contributed by atoms with Crippen molar-refractivity contribution in [2.24, 2.45) is 0 Å². The number of benzene rings is 1. The fourth-order valence-electron chi connectivity index (χ4n) is 1.66. The Hall–Kier alpha value is -1.62. The van der Waals surface area contributed by atoms with Gasteiger partial charge in [0, 0.05) is 6.04 Å². The Labute approximate surface area is 122 Å². The van der Waals surface area contributed by atoms with E-state index >= 15 is 0 Å². The van der Waals surface area contributed by atoms with Gasteiger partial charge < -0.3 is 9.64 Å². The Kier molecular flexibility index (Phi) is 5.95. The zero-order chi connectivity index (χ0) is 15.3. The van der Waals surface area contributed by atoms with Gasteiger partial charge >= 0.3 is 5.97 Å². The van der Waals surface area contributed by atoms with Crippen LogP contribution in [-0.2, 0) is 9.53 Å². The minimum absolute atomic E-state index is 0.0321. The highest BCUT2D eigenvalue weighted by molar-refractivity contribution is 6.34. The molecule has 0 bridgehead atoms. The highest BCUT2D eigenvalue weighted by Gasteiger charge is 2.24. The normalized spacial score (nSPS) is 10.5. The van der Waals surface area contributed by atoms with Gasteiger partial charge in [-0.15, -0.1) is 0 Å². The summed E-state index contributed by atoms with van der Waals surface area (Å²) < 4.78 is 18.2. The Balaban J connectivity index is 3.00. The van der Waals surface area contributed by atoms with Gasteiger partial charge in [-0.1, -0.05) is 17.7 Å². The molecule has 1 aromatic carbocycles. The maximum atomic E-state index is 13.4. The van der Waals surface area contributed by atoms with Crippen LogP contribution in [0.2, 0.25) is 5.02 Å². The number of rotatable bonds is 5. The van der Waals surface area contributed by atoms with Gasteiger partial charge in [-0.25, -0.2) is 4.39 Å². The standard InChI is InChI=1S/C14H17ClFNO3/c1-4-20-12(18)8-17(9(2)3)14(19)10-6-5-7-11(16)13(10)15/h5-7,9H,4,8H2,1-3H3. The molecule has 110 valence electrons. The Morgan fingerprint density at radius 1 is 1.40 bits per heavy atom. The molecular formula is C14H17ClFNO3. The first kappa shape index (κ1) is 16.4. The molecule has 4 nitrogen and oxygen atoms in total. The second-order valence-electron chi connectivity index (χ2n) is 4.43. The van der Waals surface area contributed by atoms with Gasteiger partial charge in [-0.05, 0) is 32.9 Å². The molecule has 0 N–H and O–H groups in total. The second-order valence-corrected chi connectivity index (χ2v) is 4.81. The zero-order valence-corrected chi connectivity index (χ0v) is 12.4. The van der Waals surface area contributed by atoms with Crippen LogP contribution in [0, 0.1) is 5.82 Å². The second kappa shape index (κ2) is 7.24. The fraction of sp³-hybridized carbons (Fsp3) is 0.429. The first-order valence-corrected chi connectivity index (χ1v) is 6.66. The van der Waals surface area contributed by atoms with E-state index < -0.39 is 17.7 Å². The maximum Gasteiger partial charge on any atom is 0.325 e. The number of ether oxygens (including phenoxy) is 1. The molecule has 0 fully saturated rings. The lowest BCUT2D eigenvalue weighted by atomic mass is 10.1. The molecular weight excluding hydrogens is 285 g/mol. The summed E-state index contributed by atoms with van der Waals surface area (Å²) in [6, 6.07) is 3.75. The van der Waals surface area contributed by atoms with Crippen LogP contribution in [0.1, 0.15) is 31.1 Å². The summed E-state index contributed by atoms with van der Waals surface area (Å²) in [5, 5.41) is -0.244. The molecule has 0 aliphatic carbocycles. The summed E-state index contributed by atoms with van der Waals surface area (Å²) in [5.41, 5.74) is 0.0321. The highest BCUT2D eigenvalue weighted by atomic mass is 35.5. The monoisotopic (exact) mass is 301 g/mol. The van der Waals surface area contributed by atoms with E-state index in [1.807, 2.05) is 0 Å². The van der Waals surface area contributed by atoms with Crippen LogP contribution in [-0.4, -0.2) is 36.0 Å². The zero-order valence-electron chi connectivity index (χ0n) is 11.7. The van der Waals surface area contributed by atoms with E-state index in [9.17, 15) is 14.0 Å². The van der Waals surface area contributed by atoms with Crippen molar-refractivity contribution in [1.82, 2.24) is 4.90 Å². The van der Waals surface area contributed by atoms with Crippen molar-refractivity contribution in [2.75, 3.05) is 13.2 Å². The van der Waals surface area contributed by atoms with Gasteiger partial charge in [0.05, 0.1) is 17.2 Å². The number of nitrogens with zero attached hydrogens (tertiary/aromatic N) is 1. The van der Waals surface area contributed by atoms with Crippen molar-refractivity contribution in [3.8, 4) is 0 Å². The van der Waals surface area contributed by atoms with Crippen molar-refractivity contribution in [3.05, 3.63) is 34.6 Å². The molecule has 0 saturated carbocycles. The molecule has 20 heavy (non-hydrogen) atoms. The lowest BCUT2D eigenvalue weighted by Gasteiger charge is -2.26. The summed E-state index contributed by atoms with van der Waals surface area (Å²) in [7, 11) is 0. The van der Waals surface area contributed by atoms with E-state index in [4.69, 9.17) is 16.3 Å². The van der Waals surface area contributed by atoms with Gasteiger partial charge in [0.2, 0.25) is 0 Å². The van der Waals surface area contributed by atoms with Crippen LogP contribution >= 0.6 is 11.6 Å². The third kappa shape index (κ3) is 3.93. The number of carbonyl (C=O) groups excluding carboxylic acids is 2. The van der Waals surface area contributed by atoms with Crippen LogP contribution in [0.3, 0.4) is 0 Å². The molecule has 6 heteroatoms. The van der Waals surface area contributed by atoms with Crippen molar-refractivity contribution >= 4 is 23.5 Å². The SMILES string of the molecule is CCOC(=O)CN(C(=O)c1cccc(F)c1Cl)C(C)C. The lowest BCUT2D eigenvalue weighted by Crippen LogP contribution is -2.41. The minimum Gasteiger partial charge on any atom is -0.465 e. The highest BCUT2D eigenvalue weighted by Crippen LogP contribution is 2.22. The molecule has 0 unspecified atom stereocenters. The predicted octanol–water partition coefficient (Wildman–Crippen LogP) is 2.89. The van der Waals surface area contributed by atoms with Crippen molar-refractivity contribution in [1.29, 1.82) is 0 Å². The average molecular weight is 302 g/mol. The molecule has 1 aromatic rings. The summed E-state index contributed by atoms with van der Waals surface area (Å²) in [4.78, 5) is 25.2. The Bertz CT molecular complexity index is 505. The van der Waals surface area contributed by atoms with E-state index in [0.717, 1.165) is 0 Å². The number of carbonyl (C=O) groups is 2. The Morgan fingerprint density at radius 3 is 2.60 bits per heavy atom. The number of amides is 1. The fourth-order valence-corrected chi connectivity index (χ4v) is 1.87. The first-order chi connectivity index (χ1) is 9.38. The van der Waals surface area contributed by atoms with Gasteiger partial charge in [-0.2, -0.15) is 0 Å². The third-order valence-corrected chi connectivity index (χ3v) is 3.06. The molecule has 0 saturated heterocycles. The summed E-state index contributed by atoms with van der Waals surface area (Å²) in [6.45, 7) is 5.23. The quantitative estimate of drug-likeness (QED) is 0.786. The number of hydrogen-bond donors (Lipinski definition) is 0. The van der Waals surface area contributed by atoms with Crippen LogP contribution in [0.4, 0.5) is 4.39 Å². The predicted molar refractivity (Wildman–Crippen MR) is 74.2 cm³/mol. The van der Waals surface area contributed by atoms with Crippen LogP contribution in [0.5, 0.6) is 0 Å². The van der Waals surface area contributed by atoms with Gasteiger partial charge in [0.25, 0.3) is 5.91 Å². The van der Waals surface area contributed by atoms with Crippen LogP contribution in [0.25, 0.3) is 0 Å². The van der Waals surface area contributed by atoms with E-state index in [1.54, 1.807) is 20.8 Å². The molecule has 0 spiro atoms. The summed E-state index contributed by atoms with van der Waals surface area (Å²) >= 11 is 5.80. The number of hydrogen-bond acceptors (Lipinski definition) is 3. The largest absolute Gasteiger partial charge is 0.465 e. The van der Waals surface area contributed by atoms with Crippen molar-refractivity contribution < 1.29 is 18.7 Å². The molecule has 0 aliphatic rings. The molecule has 1 amide bonds. The first-order valence-electron chi connectivity index (χ1n) is 6.29. The van der Waals surface area contributed by atoms with Gasteiger partial charge in [0.1, 0.15) is 12.4 Å².